The van der Waals surface area contributed by atoms with Crippen LogP contribution >= 0.6 is 0 Å². The van der Waals surface area contributed by atoms with Gasteiger partial charge in [-0.1, -0.05) is 57.0 Å². The van der Waals surface area contributed by atoms with Crippen LogP contribution in [0.3, 0.4) is 0 Å². The second-order valence-corrected chi connectivity index (χ2v) is 8.32. The molecule has 0 radical (unpaired) electrons. The molecule has 1 rings (SSSR count). The lowest BCUT2D eigenvalue weighted by atomic mass is 9.99. The van der Waals surface area contributed by atoms with Crippen molar-refractivity contribution in [2.45, 2.75) is 71.9 Å². The Kier molecular flexibility index (Phi) is 13.0. The average molecular weight is 490 g/mol. The van der Waals surface area contributed by atoms with Gasteiger partial charge in [-0.05, 0) is 32.3 Å². The molecule has 4 nitrogen and oxygen atoms in total. The van der Waals surface area contributed by atoms with E-state index in [1.54, 1.807) is 0 Å². The third-order valence-corrected chi connectivity index (χ3v) is 5.03. The molecule has 0 aliphatic rings. The van der Waals surface area contributed by atoms with Gasteiger partial charge in [0.1, 0.15) is 6.61 Å². The van der Waals surface area contributed by atoms with E-state index < -0.39 is 0 Å². The molecule has 1 amide bonds. The van der Waals surface area contributed by atoms with Gasteiger partial charge in [0, 0.05) is 12.0 Å². The van der Waals surface area contributed by atoms with Crippen molar-refractivity contribution in [2.24, 2.45) is 0 Å². The van der Waals surface area contributed by atoms with Gasteiger partial charge < -0.3 is 38.5 Å². The number of nitrogens with one attached hydrogen (secondary N) is 1. The predicted octanol–water partition coefficient (Wildman–Crippen LogP) is 2.13. The van der Waals surface area contributed by atoms with E-state index in [4.69, 9.17) is 4.74 Å². The van der Waals surface area contributed by atoms with Crippen LogP contribution in [0.2, 0.25) is 0 Å². The van der Waals surface area contributed by atoms with Gasteiger partial charge >= 0.3 is 6.09 Å². The minimum Gasteiger partial charge on any atom is -1.00 e. The molecule has 0 saturated heterocycles. The van der Waals surface area contributed by atoms with Gasteiger partial charge in [-0.25, -0.2) is 4.79 Å². The van der Waals surface area contributed by atoms with Crippen LogP contribution in [0.4, 0.5) is 4.79 Å². The van der Waals surface area contributed by atoms with E-state index in [0.29, 0.717) is 6.61 Å². The van der Waals surface area contributed by atoms with E-state index >= 15 is 0 Å². The summed E-state index contributed by atoms with van der Waals surface area (Å²) in [5, 5.41) is 3.04. The maximum atomic E-state index is 12.2. The highest BCUT2D eigenvalue weighted by Crippen LogP contribution is 2.16. The summed E-state index contributed by atoms with van der Waals surface area (Å²) >= 11 is 0. The lowest BCUT2D eigenvalue weighted by Crippen LogP contribution is -3.00. The normalized spacial score (nSPS) is 11.6. The highest BCUT2D eigenvalue weighted by molar-refractivity contribution is 5.68. The Labute approximate surface area is 183 Å². The number of rotatable bonds is 12. The topological polar surface area (TPSA) is 38.3 Å². The molecule has 5 heteroatoms. The smallest absolute Gasteiger partial charge is 0.407 e. The zero-order valence-corrected chi connectivity index (χ0v) is 20.0. The third kappa shape index (κ3) is 11.6. The fourth-order valence-electron chi connectivity index (χ4n) is 3.06. The summed E-state index contributed by atoms with van der Waals surface area (Å²) in [6.07, 6.45) is 5.58. The summed E-state index contributed by atoms with van der Waals surface area (Å²) in [5.41, 5.74) is 0.731. The minimum absolute atomic E-state index is 0. The molecule has 1 aromatic carbocycles. The van der Waals surface area contributed by atoms with Crippen molar-refractivity contribution in [3.8, 4) is 0 Å². The van der Waals surface area contributed by atoms with Gasteiger partial charge in [0.2, 0.25) is 0 Å². The molecule has 0 fully saturated rings. The molecule has 0 bridgehead atoms. The number of carbonyl (C=O) groups is 1. The largest absolute Gasteiger partial charge is 1.00 e. The number of quaternary nitrogens is 1. The Morgan fingerprint density at radius 2 is 1.59 bits per heavy atom. The van der Waals surface area contributed by atoms with Crippen LogP contribution in [-0.4, -0.2) is 42.8 Å². The lowest BCUT2D eigenvalue weighted by molar-refractivity contribution is -0.910. The molecule has 0 saturated carbocycles. The number of unbranched alkanes of at least 4 members (excludes halogenated alkanes) is 2. The molecule has 1 aromatic rings. The van der Waals surface area contributed by atoms with Gasteiger partial charge in [0.15, 0.2) is 0 Å². The van der Waals surface area contributed by atoms with Crippen LogP contribution in [0.25, 0.3) is 0 Å². The Morgan fingerprint density at radius 1 is 1.04 bits per heavy atom. The van der Waals surface area contributed by atoms with Crippen molar-refractivity contribution in [1.29, 1.82) is 0 Å². The van der Waals surface area contributed by atoms with Crippen molar-refractivity contribution in [2.75, 3.05) is 26.7 Å². The van der Waals surface area contributed by atoms with Crippen LogP contribution < -0.4 is 29.3 Å². The number of alkyl carbamates (subject to hydrolysis) is 1. The first-order valence-electron chi connectivity index (χ1n) is 10.1. The summed E-state index contributed by atoms with van der Waals surface area (Å²) in [6, 6.07) is 9.78. The molecule has 156 valence electrons. The van der Waals surface area contributed by atoms with E-state index in [2.05, 4.69) is 40.1 Å². The van der Waals surface area contributed by atoms with E-state index in [1.165, 1.54) is 38.8 Å². The molecule has 27 heavy (non-hydrogen) atoms. The Bertz CT molecular complexity index is 512. The Balaban J connectivity index is 0.00000676. The quantitative estimate of drug-likeness (QED) is 0.360. The molecule has 0 aliphatic heterocycles. The van der Waals surface area contributed by atoms with Crippen LogP contribution in [0, 0.1) is 0 Å². The molecule has 0 heterocycles. The summed E-state index contributed by atoms with van der Waals surface area (Å²) in [6.45, 7) is 12.5. The molecule has 1 N–H and O–H groups in total. The van der Waals surface area contributed by atoms with Crippen LogP contribution in [0.15, 0.2) is 30.3 Å². The number of amides is 1. The highest BCUT2D eigenvalue weighted by Gasteiger charge is 2.27. The summed E-state index contributed by atoms with van der Waals surface area (Å²) in [4.78, 5) is 12.2. The molecular weight excluding hydrogens is 451 g/mol. The Morgan fingerprint density at radius 3 is 2.11 bits per heavy atom. The zero-order chi connectivity index (χ0) is 19.5. The van der Waals surface area contributed by atoms with Gasteiger partial charge in [-0.3, -0.25) is 0 Å². The number of hydrogen-bond acceptors (Lipinski definition) is 2. The van der Waals surface area contributed by atoms with E-state index in [9.17, 15) is 4.79 Å². The van der Waals surface area contributed by atoms with Crippen LogP contribution in [0.1, 0.15) is 65.4 Å². The summed E-state index contributed by atoms with van der Waals surface area (Å²) in [5.74, 6) is 0. The van der Waals surface area contributed by atoms with Crippen molar-refractivity contribution >= 4 is 6.09 Å². The molecule has 0 atom stereocenters. The molecule has 0 aromatic heterocycles. The molecule has 0 aliphatic carbocycles. The number of halogens is 1. The second kappa shape index (κ2) is 13.4. The first-order valence-corrected chi connectivity index (χ1v) is 10.1. The maximum Gasteiger partial charge on any atom is 0.407 e. The second-order valence-electron chi connectivity index (χ2n) is 8.32. The van der Waals surface area contributed by atoms with Crippen LogP contribution in [0.5, 0.6) is 0 Å². The number of ether oxygens (including phenoxy) is 1. The van der Waals surface area contributed by atoms with E-state index in [-0.39, 0.29) is 35.6 Å². The lowest BCUT2D eigenvalue weighted by Gasteiger charge is -2.37. The number of hydrogen-bond donors (Lipinski definition) is 1. The van der Waals surface area contributed by atoms with Gasteiger partial charge in [0.05, 0.1) is 26.7 Å². The fourth-order valence-corrected chi connectivity index (χ4v) is 3.06. The van der Waals surface area contributed by atoms with Gasteiger partial charge in [0.25, 0.3) is 0 Å². The fraction of sp³-hybridized carbons (Fsp3) is 0.682. The first-order chi connectivity index (χ1) is 12.3. The number of nitrogens with zero attached hydrogens (tertiary/aromatic N) is 1. The average Bonchev–Trinajstić information content (AvgIpc) is 2.62. The molecule has 0 unspecified atom stereocenters. The van der Waals surface area contributed by atoms with E-state index in [0.717, 1.165) is 23.0 Å². The van der Waals surface area contributed by atoms with Crippen molar-refractivity contribution in [3.05, 3.63) is 35.9 Å². The number of carbonyl (C=O) groups excluding carboxylic acids is 1. The predicted molar refractivity (Wildman–Crippen MR) is 109 cm³/mol. The monoisotopic (exact) mass is 490 g/mol. The maximum absolute atomic E-state index is 12.2. The SMILES string of the molecule is CCCC[N+](C)(CCCC)CCC(C)(C)NC(=O)OCc1ccccc1.[I-]. The third-order valence-electron chi connectivity index (χ3n) is 5.03. The van der Waals surface area contributed by atoms with Crippen molar-refractivity contribution < 1.29 is 38.0 Å². The highest BCUT2D eigenvalue weighted by atomic mass is 127. The van der Waals surface area contributed by atoms with Gasteiger partial charge in [-0.2, -0.15) is 0 Å². The van der Waals surface area contributed by atoms with Crippen molar-refractivity contribution in [3.63, 3.8) is 0 Å². The number of benzene rings is 1. The van der Waals surface area contributed by atoms with Crippen LogP contribution in [-0.2, 0) is 11.3 Å². The van der Waals surface area contributed by atoms with Gasteiger partial charge in [-0.15, -0.1) is 0 Å². The summed E-state index contributed by atoms with van der Waals surface area (Å²) in [7, 11) is 2.36. The molecular formula is C22H39IN2O2. The Hall–Kier alpha value is -0.820. The summed E-state index contributed by atoms with van der Waals surface area (Å²) < 4.78 is 6.46. The molecule has 0 spiro atoms. The first kappa shape index (κ1) is 26.2. The van der Waals surface area contributed by atoms with Crippen molar-refractivity contribution in [1.82, 2.24) is 5.32 Å². The van der Waals surface area contributed by atoms with E-state index in [1.807, 2.05) is 30.3 Å². The standard InChI is InChI=1S/C22H38N2O2.HI/c1-6-8-16-24(5,17-9-7-2)18-15-22(3,4)23-21(25)26-19-20-13-11-10-12-14-20;/h10-14H,6-9,15-19H2,1-5H3;1H. The zero-order valence-electron chi connectivity index (χ0n) is 17.9. The minimum atomic E-state index is -0.338.